The zero-order valence-electron chi connectivity index (χ0n) is 8.10. The Hall–Kier alpha value is -1.11. The summed E-state index contributed by atoms with van der Waals surface area (Å²) in [6, 6.07) is 1.30. The average Bonchev–Trinajstić information content (AvgIpc) is 2.17. The van der Waals surface area contributed by atoms with E-state index < -0.39 is 24.3 Å². The van der Waals surface area contributed by atoms with E-state index >= 15 is 0 Å². The summed E-state index contributed by atoms with van der Waals surface area (Å²) in [6.45, 7) is -1.41. The molecule has 4 nitrogen and oxygen atoms in total. The Morgan fingerprint density at radius 1 is 1.31 bits per heavy atom. The van der Waals surface area contributed by atoms with Gasteiger partial charge in [-0.15, -0.1) is 12.4 Å². The first kappa shape index (κ1) is 14.9. The van der Waals surface area contributed by atoms with Crippen molar-refractivity contribution in [3.8, 4) is 11.5 Å². The van der Waals surface area contributed by atoms with E-state index in [1.165, 1.54) is 0 Å². The smallest absolute Gasteiger partial charge is 0.289 e. The zero-order chi connectivity index (χ0) is 11.6. The molecule has 1 aromatic rings. The number of hydrogen-bond donors (Lipinski definition) is 4. The van der Waals surface area contributed by atoms with E-state index in [1.807, 2.05) is 0 Å². The van der Waals surface area contributed by atoms with Gasteiger partial charge in [-0.1, -0.05) is 0 Å². The van der Waals surface area contributed by atoms with Crippen LogP contribution >= 0.6 is 12.4 Å². The first-order valence-corrected chi connectivity index (χ1v) is 4.14. The molecule has 0 aliphatic carbocycles. The highest BCUT2D eigenvalue weighted by molar-refractivity contribution is 5.85. The fourth-order valence-corrected chi connectivity index (χ4v) is 1.12. The number of phenolic OH excluding ortho intramolecular Hbond substituents is 2. The van der Waals surface area contributed by atoms with Crippen LogP contribution in [0.15, 0.2) is 18.2 Å². The molecule has 0 saturated carbocycles. The lowest BCUT2D eigenvalue weighted by Gasteiger charge is -2.22. The van der Waals surface area contributed by atoms with Gasteiger partial charge in [-0.05, 0) is 12.1 Å². The van der Waals surface area contributed by atoms with Crippen LogP contribution in [0.2, 0.25) is 0 Å². The number of aliphatic hydroxyl groups is 1. The highest BCUT2D eigenvalue weighted by Crippen LogP contribution is 2.35. The van der Waals surface area contributed by atoms with Crippen molar-refractivity contribution < 1.29 is 24.1 Å². The monoisotopic (exact) mass is 255 g/mol. The van der Waals surface area contributed by atoms with Crippen LogP contribution in [0.4, 0.5) is 8.78 Å². The Morgan fingerprint density at radius 2 is 1.88 bits per heavy atom. The molecular weight excluding hydrogens is 244 g/mol. The van der Waals surface area contributed by atoms with Gasteiger partial charge in [-0.3, -0.25) is 0 Å². The lowest BCUT2D eigenvalue weighted by molar-refractivity contribution is -0.0716. The standard InChI is InChI=1S/C9H11F2NO3.ClH/c10-9(11,4-13)8(12)6-2-1-5(14)3-7(6)15;/h1-3,8,13-15H,4,12H2;1H/t8-;/m0./s1. The maximum Gasteiger partial charge on any atom is 0.289 e. The van der Waals surface area contributed by atoms with Crippen molar-refractivity contribution in [2.24, 2.45) is 5.73 Å². The molecule has 0 radical (unpaired) electrons. The number of benzene rings is 1. The van der Waals surface area contributed by atoms with Gasteiger partial charge in [0.1, 0.15) is 24.1 Å². The van der Waals surface area contributed by atoms with Crippen LogP contribution in [-0.2, 0) is 0 Å². The third-order valence-corrected chi connectivity index (χ3v) is 2.01. The van der Waals surface area contributed by atoms with E-state index in [0.717, 1.165) is 18.2 Å². The number of nitrogens with two attached hydrogens (primary N) is 1. The van der Waals surface area contributed by atoms with Crippen LogP contribution in [0.5, 0.6) is 11.5 Å². The first-order chi connectivity index (χ1) is 6.88. The molecule has 1 aromatic carbocycles. The molecule has 0 spiro atoms. The van der Waals surface area contributed by atoms with Crippen molar-refractivity contribution in [3.05, 3.63) is 23.8 Å². The number of hydrogen-bond acceptors (Lipinski definition) is 4. The molecule has 0 bridgehead atoms. The number of aromatic hydroxyl groups is 2. The molecule has 0 unspecified atom stereocenters. The van der Waals surface area contributed by atoms with Crippen LogP contribution in [0.1, 0.15) is 11.6 Å². The molecule has 0 aromatic heterocycles. The summed E-state index contributed by atoms with van der Waals surface area (Å²) in [7, 11) is 0. The van der Waals surface area contributed by atoms with Crippen molar-refractivity contribution in [3.63, 3.8) is 0 Å². The lowest BCUT2D eigenvalue weighted by atomic mass is 10.0. The maximum atomic E-state index is 13.0. The Balaban J connectivity index is 0.00000225. The van der Waals surface area contributed by atoms with Crippen molar-refractivity contribution in [1.82, 2.24) is 0 Å². The second kappa shape index (κ2) is 5.29. The molecule has 0 fully saturated rings. The van der Waals surface area contributed by atoms with Gasteiger partial charge in [0, 0.05) is 11.6 Å². The van der Waals surface area contributed by atoms with Crippen molar-refractivity contribution in [2.75, 3.05) is 6.61 Å². The van der Waals surface area contributed by atoms with Gasteiger partial charge in [0.2, 0.25) is 0 Å². The topological polar surface area (TPSA) is 86.7 Å². The molecule has 1 atom stereocenters. The van der Waals surface area contributed by atoms with E-state index in [2.05, 4.69) is 0 Å². The zero-order valence-corrected chi connectivity index (χ0v) is 8.92. The van der Waals surface area contributed by atoms with Gasteiger partial charge in [-0.2, -0.15) is 0 Å². The minimum atomic E-state index is -3.52. The quantitative estimate of drug-likeness (QED) is 0.653. The van der Waals surface area contributed by atoms with Crippen molar-refractivity contribution >= 4 is 12.4 Å². The van der Waals surface area contributed by atoms with E-state index in [9.17, 15) is 13.9 Å². The number of rotatable bonds is 3. The first-order valence-electron chi connectivity index (χ1n) is 4.14. The van der Waals surface area contributed by atoms with Crippen LogP contribution in [0, 0.1) is 0 Å². The summed E-state index contributed by atoms with van der Waals surface area (Å²) in [5, 5.41) is 26.6. The Kier molecular flexibility index (Phi) is 4.92. The van der Waals surface area contributed by atoms with E-state index in [4.69, 9.17) is 15.9 Å². The molecule has 0 heterocycles. The molecule has 1 rings (SSSR count). The van der Waals surface area contributed by atoms with Gasteiger partial charge in [-0.25, -0.2) is 8.78 Å². The Morgan fingerprint density at radius 3 is 2.31 bits per heavy atom. The second-order valence-corrected chi connectivity index (χ2v) is 3.14. The number of phenols is 2. The lowest BCUT2D eigenvalue weighted by Crippen LogP contribution is -2.36. The van der Waals surface area contributed by atoms with Crippen molar-refractivity contribution in [2.45, 2.75) is 12.0 Å². The molecular formula is C9H12ClF2NO3. The summed E-state index contributed by atoms with van der Waals surface area (Å²) < 4.78 is 25.9. The SMILES string of the molecule is Cl.N[C@@H](c1ccc(O)cc1O)C(F)(F)CO. The number of halogens is 3. The molecule has 7 heteroatoms. The van der Waals surface area contributed by atoms with E-state index in [-0.39, 0.29) is 23.7 Å². The third-order valence-electron chi connectivity index (χ3n) is 2.01. The van der Waals surface area contributed by atoms with Gasteiger partial charge in [0.15, 0.2) is 0 Å². The van der Waals surface area contributed by atoms with E-state index in [1.54, 1.807) is 0 Å². The molecule has 5 N–H and O–H groups in total. The predicted octanol–water partition coefficient (Wildman–Crippen LogP) is 1.15. The van der Waals surface area contributed by atoms with E-state index in [0.29, 0.717) is 0 Å². The van der Waals surface area contributed by atoms with Crippen LogP contribution < -0.4 is 5.73 Å². The Labute approximate surface area is 96.7 Å². The minimum absolute atomic E-state index is 0. The van der Waals surface area contributed by atoms with Gasteiger partial charge in [0.05, 0.1) is 0 Å². The largest absolute Gasteiger partial charge is 0.508 e. The average molecular weight is 256 g/mol. The number of aliphatic hydroxyl groups excluding tert-OH is 1. The second-order valence-electron chi connectivity index (χ2n) is 3.14. The van der Waals surface area contributed by atoms with Gasteiger partial charge >= 0.3 is 0 Å². The summed E-state index contributed by atoms with van der Waals surface area (Å²) >= 11 is 0. The predicted molar refractivity (Wildman–Crippen MR) is 56.0 cm³/mol. The van der Waals surface area contributed by atoms with Crippen LogP contribution in [0.3, 0.4) is 0 Å². The molecule has 0 saturated heterocycles. The maximum absolute atomic E-state index is 13.0. The molecule has 0 aliphatic heterocycles. The normalized spacial score (nSPS) is 13.0. The summed E-state index contributed by atoms with van der Waals surface area (Å²) in [4.78, 5) is 0. The number of alkyl halides is 2. The molecule has 92 valence electrons. The van der Waals surface area contributed by atoms with Crippen LogP contribution in [0.25, 0.3) is 0 Å². The fraction of sp³-hybridized carbons (Fsp3) is 0.333. The summed E-state index contributed by atoms with van der Waals surface area (Å²) in [5.74, 6) is -4.31. The summed E-state index contributed by atoms with van der Waals surface area (Å²) in [5.41, 5.74) is 4.95. The van der Waals surface area contributed by atoms with Crippen molar-refractivity contribution in [1.29, 1.82) is 0 Å². The molecule has 0 aliphatic rings. The molecule has 0 amide bonds. The van der Waals surface area contributed by atoms with Gasteiger partial charge in [0.25, 0.3) is 5.92 Å². The van der Waals surface area contributed by atoms with Gasteiger partial charge < -0.3 is 21.1 Å². The minimum Gasteiger partial charge on any atom is -0.508 e. The molecule has 16 heavy (non-hydrogen) atoms. The highest BCUT2D eigenvalue weighted by Gasteiger charge is 2.38. The van der Waals surface area contributed by atoms with Crippen LogP contribution in [-0.4, -0.2) is 27.8 Å². The Bertz CT molecular complexity index is 363. The highest BCUT2D eigenvalue weighted by atomic mass is 35.5. The summed E-state index contributed by atoms with van der Waals surface area (Å²) in [6.07, 6.45) is 0. The third kappa shape index (κ3) is 2.94. The fourth-order valence-electron chi connectivity index (χ4n) is 1.12.